The summed E-state index contributed by atoms with van der Waals surface area (Å²) in [6.45, 7) is 1.26. The van der Waals surface area contributed by atoms with Crippen LogP contribution in [0.15, 0.2) is 24.3 Å². The zero-order valence-corrected chi connectivity index (χ0v) is 11.3. The van der Waals surface area contributed by atoms with Gasteiger partial charge in [0.2, 0.25) is 11.8 Å². The molecule has 1 fully saturated rings. The molecule has 1 aliphatic rings. The molecule has 1 atom stereocenters. The number of aromatic hydroxyl groups is 1. The number of carbonyl (C=O) groups is 2. The van der Waals surface area contributed by atoms with Crippen LogP contribution in [0.3, 0.4) is 0 Å². The summed E-state index contributed by atoms with van der Waals surface area (Å²) in [6, 6.07) is 6.38. The van der Waals surface area contributed by atoms with Gasteiger partial charge in [-0.25, -0.2) is 0 Å². The van der Waals surface area contributed by atoms with Gasteiger partial charge in [0.05, 0.1) is 12.5 Å². The molecule has 1 aromatic carbocycles. The van der Waals surface area contributed by atoms with E-state index in [9.17, 15) is 14.7 Å². The van der Waals surface area contributed by atoms with Crippen LogP contribution in [-0.4, -0.2) is 43.7 Å². The Morgan fingerprint density at radius 1 is 1.45 bits per heavy atom. The van der Waals surface area contributed by atoms with E-state index in [1.807, 2.05) is 0 Å². The van der Waals surface area contributed by atoms with Gasteiger partial charge in [0, 0.05) is 32.3 Å². The molecule has 0 aromatic heterocycles. The zero-order chi connectivity index (χ0) is 14.5. The van der Waals surface area contributed by atoms with E-state index in [4.69, 9.17) is 4.74 Å². The lowest BCUT2D eigenvalue weighted by molar-refractivity contribution is -0.126. The van der Waals surface area contributed by atoms with E-state index < -0.39 is 0 Å². The molecule has 6 nitrogen and oxygen atoms in total. The van der Waals surface area contributed by atoms with Gasteiger partial charge in [-0.3, -0.25) is 9.59 Å². The largest absolute Gasteiger partial charge is 0.508 e. The number of anilines is 1. The number of phenolic OH excluding ortho intramolecular Hbond substituents is 1. The van der Waals surface area contributed by atoms with Crippen LogP contribution in [0, 0.1) is 5.92 Å². The minimum absolute atomic E-state index is 0.0809. The second kappa shape index (κ2) is 6.38. The van der Waals surface area contributed by atoms with E-state index in [1.165, 1.54) is 12.1 Å². The van der Waals surface area contributed by atoms with E-state index in [0.29, 0.717) is 25.4 Å². The van der Waals surface area contributed by atoms with Crippen LogP contribution in [0.4, 0.5) is 5.69 Å². The first-order valence-corrected chi connectivity index (χ1v) is 6.48. The molecule has 0 unspecified atom stereocenters. The summed E-state index contributed by atoms with van der Waals surface area (Å²) in [7, 11) is 1.57. The van der Waals surface area contributed by atoms with E-state index in [2.05, 4.69) is 5.32 Å². The first-order valence-electron chi connectivity index (χ1n) is 6.48. The van der Waals surface area contributed by atoms with E-state index >= 15 is 0 Å². The fraction of sp³-hybridized carbons (Fsp3) is 0.429. The SMILES string of the molecule is COCCNC(=O)[C@@H]1CC(=O)N(c2ccc(O)cc2)C1. The third kappa shape index (κ3) is 3.27. The Balaban J connectivity index is 1.96. The summed E-state index contributed by atoms with van der Waals surface area (Å²) in [5.41, 5.74) is 0.694. The number of methoxy groups -OCH3 is 1. The Morgan fingerprint density at radius 3 is 2.80 bits per heavy atom. The number of carbonyl (C=O) groups excluding carboxylic acids is 2. The molecule has 2 amide bonds. The van der Waals surface area contributed by atoms with Crippen molar-refractivity contribution in [3.8, 4) is 5.75 Å². The zero-order valence-electron chi connectivity index (χ0n) is 11.3. The highest BCUT2D eigenvalue weighted by Crippen LogP contribution is 2.26. The monoisotopic (exact) mass is 278 g/mol. The van der Waals surface area contributed by atoms with Crippen LogP contribution < -0.4 is 10.2 Å². The highest BCUT2D eigenvalue weighted by atomic mass is 16.5. The van der Waals surface area contributed by atoms with Crippen LogP contribution >= 0.6 is 0 Å². The predicted molar refractivity (Wildman–Crippen MR) is 73.5 cm³/mol. The van der Waals surface area contributed by atoms with Crippen LogP contribution in [0.25, 0.3) is 0 Å². The van der Waals surface area contributed by atoms with Gasteiger partial charge in [0.1, 0.15) is 5.75 Å². The highest BCUT2D eigenvalue weighted by molar-refractivity contribution is 6.00. The van der Waals surface area contributed by atoms with Crippen molar-refractivity contribution in [1.82, 2.24) is 5.32 Å². The first kappa shape index (κ1) is 14.3. The number of benzene rings is 1. The Kier molecular flexibility index (Phi) is 4.57. The summed E-state index contributed by atoms with van der Waals surface area (Å²) in [6.07, 6.45) is 0.208. The number of hydrogen-bond acceptors (Lipinski definition) is 4. The lowest BCUT2D eigenvalue weighted by Gasteiger charge is -2.16. The number of rotatable bonds is 5. The van der Waals surface area contributed by atoms with Gasteiger partial charge in [-0.15, -0.1) is 0 Å². The van der Waals surface area contributed by atoms with Crippen LogP contribution in [0.1, 0.15) is 6.42 Å². The highest BCUT2D eigenvalue weighted by Gasteiger charge is 2.34. The summed E-state index contributed by atoms with van der Waals surface area (Å²) in [4.78, 5) is 25.4. The maximum absolute atomic E-state index is 12.0. The number of nitrogens with one attached hydrogen (secondary N) is 1. The molecule has 6 heteroatoms. The minimum Gasteiger partial charge on any atom is -0.508 e. The summed E-state index contributed by atoms with van der Waals surface area (Å²) in [5.74, 6) is -0.401. The maximum atomic E-state index is 12.0. The quantitative estimate of drug-likeness (QED) is 0.769. The van der Waals surface area contributed by atoms with Gasteiger partial charge in [-0.1, -0.05) is 0 Å². The molecule has 2 N–H and O–H groups in total. The van der Waals surface area contributed by atoms with E-state index in [0.717, 1.165) is 0 Å². The van der Waals surface area contributed by atoms with Gasteiger partial charge in [-0.2, -0.15) is 0 Å². The molecule has 2 rings (SSSR count). The molecule has 0 bridgehead atoms. The number of ether oxygens (including phenoxy) is 1. The van der Waals surface area contributed by atoms with Crippen molar-refractivity contribution in [2.75, 3.05) is 31.7 Å². The molecule has 1 saturated heterocycles. The van der Waals surface area contributed by atoms with Gasteiger partial charge in [0.25, 0.3) is 0 Å². The molecule has 0 saturated carbocycles. The molecular formula is C14H18N2O4. The smallest absolute Gasteiger partial charge is 0.227 e. The van der Waals surface area contributed by atoms with Crippen molar-refractivity contribution in [3.63, 3.8) is 0 Å². The first-order chi connectivity index (χ1) is 9.61. The molecule has 0 aliphatic carbocycles. The minimum atomic E-state index is -0.340. The van der Waals surface area contributed by atoms with Crippen LogP contribution in [0.2, 0.25) is 0 Å². The number of phenols is 1. The van der Waals surface area contributed by atoms with Gasteiger partial charge < -0.3 is 20.1 Å². The fourth-order valence-corrected chi connectivity index (χ4v) is 2.19. The molecular weight excluding hydrogens is 260 g/mol. The fourth-order valence-electron chi connectivity index (χ4n) is 2.19. The summed E-state index contributed by atoms with van der Waals surface area (Å²) >= 11 is 0. The van der Waals surface area contributed by atoms with Crippen LogP contribution in [0.5, 0.6) is 5.75 Å². The average molecular weight is 278 g/mol. The second-order valence-corrected chi connectivity index (χ2v) is 4.71. The third-order valence-corrected chi connectivity index (χ3v) is 3.26. The molecule has 108 valence electrons. The molecule has 0 radical (unpaired) electrons. The third-order valence-electron chi connectivity index (χ3n) is 3.26. The summed E-state index contributed by atoms with van der Waals surface area (Å²) < 4.78 is 4.86. The predicted octanol–water partition coefficient (Wildman–Crippen LogP) is 0.508. The Labute approximate surface area is 117 Å². The van der Waals surface area contributed by atoms with Crippen LogP contribution in [-0.2, 0) is 14.3 Å². The normalized spacial score (nSPS) is 18.4. The second-order valence-electron chi connectivity index (χ2n) is 4.71. The maximum Gasteiger partial charge on any atom is 0.227 e. The molecule has 1 aromatic rings. The molecule has 0 spiro atoms. The Hall–Kier alpha value is -2.08. The van der Waals surface area contributed by atoms with Crippen molar-refractivity contribution in [2.24, 2.45) is 5.92 Å². The van der Waals surface area contributed by atoms with E-state index in [-0.39, 0.29) is 29.9 Å². The number of amides is 2. The van der Waals surface area contributed by atoms with Crippen molar-refractivity contribution >= 4 is 17.5 Å². The van der Waals surface area contributed by atoms with Crippen molar-refractivity contribution in [3.05, 3.63) is 24.3 Å². The van der Waals surface area contributed by atoms with Crippen molar-refractivity contribution in [1.29, 1.82) is 0 Å². The topological polar surface area (TPSA) is 78.9 Å². The standard InChI is InChI=1S/C14H18N2O4/c1-20-7-6-15-14(19)10-8-13(18)16(9-10)11-2-4-12(17)5-3-11/h2-5,10,17H,6-9H2,1H3,(H,15,19)/t10-/m1/s1. The molecule has 1 heterocycles. The molecule has 1 aliphatic heterocycles. The Bertz CT molecular complexity index is 486. The van der Waals surface area contributed by atoms with Gasteiger partial charge in [-0.05, 0) is 24.3 Å². The van der Waals surface area contributed by atoms with Gasteiger partial charge in [0.15, 0.2) is 0 Å². The van der Waals surface area contributed by atoms with Crippen molar-refractivity contribution in [2.45, 2.75) is 6.42 Å². The number of nitrogens with zero attached hydrogens (tertiary/aromatic N) is 1. The van der Waals surface area contributed by atoms with Crippen molar-refractivity contribution < 1.29 is 19.4 Å². The Morgan fingerprint density at radius 2 is 2.15 bits per heavy atom. The molecule has 20 heavy (non-hydrogen) atoms. The van der Waals surface area contributed by atoms with E-state index in [1.54, 1.807) is 24.1 Å². The number of hydrogen-bond donors (Lipinski definition) is 2. The lowest BCUT2D eigenvalue weighted by atomic mass is 10.1. The average Bonchev–Trinajstić information content (AvgIpc) is 2.82. The summed E-state index contributed by atoms with van der Waals surface area (Å²) in [5, 5.41) is 12.0. The lowest BCUT2D eigenvalue weighted by Crippen LogP contribution is -2.34. The van der Waals surface area contributed by atoms with Gasteiger partial charge >= 0.3 is 0 Å².